The standard InChI is InChI=1S/C15H27N3O3/c1-15(2,3)21-14(20)16-8-11-6-7-18(9-11)10-12-4-5-13(19)17-12/h11-12H,4-10H2,1-3H3,(H,16,20)(H,17,19)/t11-,12+/m0/s1. The van der Waals surface area contributed by atoms with Crippen molar-refractivity contribution in [1.29, 1.82) is 0 Å². The maximum Gasteiger partial charge on any atom is 0.407 e. The van der Waals surface area contributed by atoms with Gasteiger partial charge in [0.2, 0.25) is 5.91 Å². The molecule has 0 bridgehead atoms. The van der Waals surface area contributed by atoms with Gasteiger partial charge in [0.15, 0.2) is 0 Å². The number of nitrogens with one attached hydrogen (secondary N) is 2. The van der Waals surface area contributed by atoms with E-state index in [4.69, 9.17) is 4.74 Å². The summed E-state index contributed by atoms with van der Waals surface area (Å²) in [5.74, 6) is 0.636. The molecule has 0 spiro atoms. The number of hydrogen-bond donors (Lipinski definition) is 2. The van der Waals surface area contributed by atoms with Crippen molar-refractivity contribution < 1.29 is 14.3 Å². The van der Waals surface area contributed by atoms with Crippen LogP contribution in [0.25, 0.3) is 0 Å². The minimum Gasteiger partial charge on any atom is -0.444 e. The number of likely N-dealkylation sites (tertiary alicyclic amines) is 1. The Balaban J connectivity index is 1.64. The van der Waals surface area contributed by atoms with E-state index >= 15 is 0 Å². The van der Waals surface area contributed by atoms with E-state index in [0.717, 1.165) is 32.5 Å². The van der Waals surface area contributed by atoms with Gasteiger partial charge in [-0.15, -0.1) is 0 Å². The molecule has 2 heterocycles. The van der Waals surface area contributed by atoms with Crippen LogP contribution in [0.1, 0.15) is 40.0 Å². The van der Waals surface area contributed by atoms with Gasteiger partial charge in [-0.2, -0.15) is 0 Å². The van der Waals surface area contributed by atoms with Crippen molar-refractivity contribution in [3.63, 3.8) is 0 Å². The summed E-state index contributed by atoms with van der Waals surface area (Å²) in [7, 11) is 0. The molecule has 0 saturated carbocycles. The van der Waals surface area contributed by atoms with Gasteiger partial charge in [0.25, 0.3) is 0 Å². The van der Waals surface area contributed by atoms with E-state index < -0.39 is 5.60 Å². The fourth-order valence-electron chi connectivity index (χ4n) is 2.91. The van der Waals surface area contributed by atoms with E-state index in [-0.39, 0.29) is 12.0 Å². The number of carbonyl (C=O) groups is 2. The Morgan fingerprint density at radius 1 is 1.43 bits per heavy atom. The molecular formula is C15H27N3O3. The van der Waals surface area contributed by atoms with Gasteiger partial charge in [-0.3, -0.25) is 4.79 Å². The normalized spacial score (nSPS) is 26.7. The van der Waals surface area contributed by atoms with E-state index in [2.05, 4.69) is 15.5 Å². The van der Waals surface area contributed by atoms with E-state index in [0.29, 0.717) is 24.9 Å². The molecule has 6 heteroatoms. The molecule has 2 rings (SSSR count). The summed E-state index contributed by atoms with van der Waals surface area (Å²) in [5, 5.41) is 5.85. The van der Waals surface area contributed by atoms with E-state index in [1.54, 1.807) is 0 Å². The fourth-order valence-corrected chi connectivity index (χ4v) is 2.91. The van der Waals surface area contributed by atoms with Crippen LogP contribution < -0.4 is 10.6 Å². The van der Waals surface area contributed by atoms with Crippen molar-refractivity contribution in [3.05, 3.63) is 0 Å². The Labute approximate surface area is 126 Å². The Morgan fingerprint density at radius 2 is 2.19 bits per heavy atom. The first-order valence-electron chi connectivity index (χ1n) is 7.80. The Hall–Kier alpha value is -1.30. The van der Waals surface area contributed by atoms with Crippen LogP contribution in [0.4, 0.5) is 4.79 Å². The maximum absolute atomic E-state index is 11.6. The van der Waals surface area contributed by atoms with Gasteiger partial charge in [0.05, 0.1) is 0 Å². The monoisotopic (exact) mass is 297 g/mol. The van der Waals surface area contributed by atoms with Crippen LogP contribution >= 0.6 is 0 Å². The van der Waals surface area contributed by atoms with Crippen molar-refractivity contribution in [2.45, 2.75) is 51.7 Å². The van der Waals surface area contributed by atoms with Crippen molar-refractivity contribution in [2.75, 3.05) is 26.2 Å². The largest absolute Gasteiger partial charge is 0.444 e. The second-order valence-corrected chi connectivity index (χ2v) is 7.10. The molecular weight excluding hydrogens is 270 g/mol. The molecule has 0 aliphatic carbocycles. The summed E-state index contributed by atoms with van der Waals surface area (Å²) in [5.41, 5.74) is -0.452. The molecule has 120 valence electrons. The highest BCUT2D eigenvalue weighted by Gasteiger charge is 2.28. The number of carbonyl (C=O) groups excluding carboxylic acids is 2. The minimum absolute atomic E-state index is 0.169. The molecule has 2 aliphatic heterocycles. The minimum atomic E-state index is -0.452. The van der Waals surface area contributed by atoms with E-state index in [9.17, 15) is 9.59 Å². The summed E-state index contributed by atoms with van der Waals surface area (Å²) in [6.07, 6.45) is 2.33. The molecule has 2 N–H and O–H groups in total. The molecule has 0 unspecified atom stereocenters. The Kier molecular flexibility index (Phi) is 5.08. The van der Waals surface area contributed by atoms with Gasteiger partial charge in [0.1, 0.15) is 5.60 Å². The third-order valence-electron chi connectivity index (χ3n) is 3.87. The Morgan fingerprint density at radius 3 is 2.81 bits per heavy atom. The summed E-state index contributed by atoms with van der Waals surface area (Å²) in [6.45, 7) is 9.17. The summed E-state index contributed by atoms with van der Waals surface area (Å²) < 4.78 is 5.23. The van der Waals surface area contributed by atoms with Crippen LogP contribution in [0.15, 0.2) is 0 Å². The van der Waals surface area contributed by atoms with Gasteiger partial charge in [-0.1, -0.05) is 0 Å². The summed E-state index contributed by atoms with van der Waals surface area (Å²) in [4.78, 5) is 25.2. The fraction of sp³-hybridized carbons (Fsp3) is 0.867. The van der Waals surface area contributed by atoms with Crippen LogP contribution in [0.5, 0.6) is 0 Å². The van der Waals surface area contributed by atoms with Crippen LogP contribution in [0, 0.1) is 5.92 Å². The van der Waals surface area contributed by atoms with Crippen molar-refractivity contribution in [3.8, 4) is 0 Å². The zero-order chi connectivity index (χ0) is 15.5. The second-order valence-electron chi connectivity index (χ2n) is 7.10. The molecule has 2 fully saturated rings. The molecule has 0 aromatic heterocycles. The number of rotatable bonds is 4. The molecule has 0 aromatic rings. The average molecular weight is 297 g/mol. The highest BCUT2D eigenvalue weighted by Crippen LogP contribution is 2.18. The van der Waals surface area contributed by atoms with Gasteiger partial charge in [-0.05, 0) is 46.1 Å². The van der Waals surface area contributed by atoms with Crippen molar-refractivity contribution in [1.82, 2.24) is 15.5 Å². The molecule has 0 aromatic carbocycles. The number of ether oxygens (including phenoxy) is 1. The molecule has 2 atom stereocenters. The lowest BCUT2D eigenvalue weighted by molar-refractivity contribution is -0.119. The predicted octanol–water partition coefficient (Wildman–Crippen LogP) is 1.11. The third kappa shape index (κ3) is 5.53. The predicted molar refractivity (Wildman–Crippen MR) is 79.9 cm³/mol. The van der Waals surface area contributed by atoms with E-state index in [1.165, 1.54) is 0 Å². The lowest BCUT2D eigenvalue weighted by Crippen LogP contribution is -2.39. The molecule has 6 nitrogen and oxygen atoms in total. The zero-order valence-corrected chi connectivity index (χ0v) is 13.3. The first-order valence-corrected chi connectivity index (χ1v) is 7.80. The highest BCUT2D eigenvalue weighted by atomic mass is 16.6. The highest BCUT2D eigenvalue weighted by molar-refractivity contribution is 5.78. The topological polar surface area (TPSA) is 70.7 Å². The van der Waals surface area contributed by atoms with E-state index in [1.807, 2.05) is 20.8 Å². The van der Waals surface area contributed by atoms with Crippen LogP contribution in [-0.4, -0.2) is 54.7 Å². The molecule has 2 amide bonds. The molecule has 0 radical (unpaired) electrons. The first kappa shape index (κ1) is 16.1. The van der Waals surface area contributed by atoms with Crippen molar-refractivity contribution in [2.24, 2.45) is 5.92 Å². The van der Waals surface area contributed by atoms with Gasteiger partial charge < -0.3 is 20.3 Å². The molecule has 21 heavy (non-hydrogen) atoms. The quantitative estimate of drug-likeness (QED) is 0.815. The lowest BCUT2D eigenvalue weighted by Gasteiger charge is -2.22. The Bertz CT molecular complexity index is 392. The average Bonchev–Trinajstić information content (AvgIpc) is 2.95. The third-order valence-corrected chi connectivity index (χ3v) is 3.87. The molecule has 2 saturated heterocycles. The first-order chi connectivity index (χ1) is 9.82. The number of hydrogen-bond acceptors (Lipinski definition) is 4. The number of amides is 2. The van der Waals surface area contributed by atoms with Gasteiger partial charge in [0, 0.05) is 32.1 Å². The van der Waals surface area contributed by atoms with Gasteiger partial charge in [-0.25, -0.2) is 4.79 Å². The smallest absolute Gasteiger partial charge is 0.407 e. The van der Waals surface area contributed by atoms with Crippen molar-refractivity contribution >= 4 is 12.0 Å². The second kappa shape index (κ2) is 6.64. The van der Waals surface area contributed by atoms with Crippen LogP contribution in [0.3, 0.4) is 0 Å². The summed E-state index contributed by atoms with van der Waals surface area (Å²) in [6, 6.07) is 0.301. The summed E-state index contributed by atoms with van der Waals surface area (Å²) >= 11 is 0. The SMILES string of the molecule is CC(C)(C)OC(=O)NC[C@@H]1CCN(C[C@H]2CCC(=O)N2)C1. The van der Waals surface area contributed by atoms with Crippen LogP contribution in [-0.2, 0) is 9.53 Å². The van der Waals surface area contributed by atoms with Crippen LogP contribution in [0.2, 0.25) is 0 Å². The lowest BCUT2D eigenvalue weighted by atomic mass is 10.1. The van der Waals surface area contributed by atoms with Gasteiger partial charge >= 0.3 is 6.09 Å². The number of alkyl carbamates (subject to hydrolysis) is 1. The molecule has 2 aliphatic rings. The maximum atomic E-state index is 11.6. The number of nitrogens with zero attached hydrogens (tertiary/aromatic N) is 1. The zero-order valence-electron chi connectivity index (χ0n) is 13.3.